The second-order valence-corrected chi connectivity index (χ2v) is 6.27. The van der Waals surface area contributed by atoms with Gasteiger partial charge in [-0.1, -0.05) is 18.2 Å². The molecular weight excluding hydrogens is 388 g/mol. The molecule has 0 aromatic heterocycles. The number of amidine groups is 2. The predicted molar refractivity (Wildman–Crippen MR) is 117 cm³/mol. The van der Waals surface area contributed by atoms with E-state index in [4.69, 9.17) is 31.8 Å². The van der Waals surface area contributed by atoms with Crippen LogP contribution in [0.15, 0.2) is 72.8 Å². The maximum atomic E-state index is 7.41. The highest BCUT2D eigenvalue weighted by atomic mass is 35.5. The summed E-state index contributed by atoms with van der Waals surface area (Å²) in [6.45, 7) is 0.862. The molecule has 0 aliphatic rings. The number of hydrogen-bond acceptors (Lipinski definition) is 4. The van der Waals surface area contributed by atoms with Gasteiger partial charge in [-0.25, -0.2) is 0 Å². The number of ether oxygens (including phenoxy) is 2. The maximum absolute atomic E-state index is 7.41. The van der Waals surface area contributed by atoms with Gasteiger partial charge in [0.2, 0.25) is 0 Å². The predicted octanol–water partition coefficient (Wildman–Crippen LogP) is 3.83. The van der Waals surface area contributed by atoms with Gasteiger partial charge < -0.3 is 20.9 Å². The van der Waals surface area contributed by atoms with Gasteiger partial charge in [0.25, 0.3) is 0 Å². The zero-order chi connectivity index (χ0) is 19.9. The van der Waals surface area contributed by atoms with Crippen LogP contribution in [-0.2, 0) is 13.2 Å². The monoisotopic (exact) mass is 410 g/mol. The third-order valence-electron chi connectivity index (χ3n) is 4.13. The Morgan fingerprint density at radius 2 is 1.03 bits per heavy atom. The van der Waals surface area contributed by atoms with Crippen molar-refractivity contribution in [3.05, 3.63) is 95.1 Å². The molecule has 0 fully saturated rings. The lowest BCUT2D eigenvalue weighted by Crippen LogP contribution is -2.10. The van der Waals surface area contributed by atoms with E-state index in [1.807, 2.05) is 24.3 Å². The van der Waals surface area contributed by atoms with Gasteiger partial charge in [0, 0.05) is 11.1 Å². The van der Waals surface area contributed by atoms with E-state index < -0.39 is 0 Å². The van der Waals surface area contributed by atoms with Crippen LogP contribution in [0.3, 0.4) is 0 Å². The largest absolute Gasteiger partial charge is 0.489 e. The fraction of sp³-hybridized carbons (Fsp3) is 0.0909. The second kappa shape index (κ2) is 10.1. The van der Waals surface area contributed by atoms with Crippen molar-refractivity contribution in [2.45, 2.75) is 13.2 Å². The summed E-state index contributed by atoms with van der Waals surface area (Å²) >= 11 is 0. The van der Waals surface area contributed by atoms with Crippen LogP contribution in [0.1, 0.15) is 22.3 Å². The van der Waals surface area contributed by atoms with Crippen molar-refractivity contribution in [1.29, 1.82) is 10.8 Å². The lowest BCUT2D eigenvalue weighted by atomic mass is 10.1. The van der Waals surface area contributed by atoms with Crippen molar-refractivity contribution >= 4 is 24.1 Å². The molecule has 6 N–H and O–H groups in total. The zero-order valence-electron chi connectivity index (χ0n) is 15.7. The Balaban J connectivity index is 0.00000300. The number of nitrogens with two attached hydrogens (primary N) is 2. The van der Waals surface area contributed by atoms with E-state index in [1.165, 1.54) is 0 Å². The second-order valence-electron chi connectivity index (χ2n) is 6.27. The molecule has 0 saturated carbocycles. The molecule has 0 radical (unpaired) electrons. The molecule has 0 aliphatic heterocycles. The number of halogens is 1. The molecule has 6 nitrogen and oxygen atoms in total. The quantitative estimate of drug-likeness (QED) is 0.333. The van der Waals surface area contributed by atoms with Gasteiger partial charge in [-0.05, 0) is 65.7 Å². The van der Waals surface area contributed by atoms with Crippen LogP contribution in [0.2, 0.25) is 0 Å². The fourth-order valence-corrected chi connectivity index (χ4v) is 2.60. The number of nitrogens with one attached hydrogen (secondary N) is 2. The molecule has 0 unspecified atom stereocenters. The van der Waals surface area contributed by atoms with E-state index in [2.05, 4.69) is 0 Å². The highest BCUT2D eigenvalue weighted by molar-refractivity contribution is 5.95. The number of nitrogen functional groups attached to an aromatic ring is 2. The first-order chi connectivity index (χ1) is 13.5. The van der Waals surface area contributed by atoms with Crippen LogP contribution in [-0.4, -0.2) is 11.7 Å². The van der Waals surface area contributed by atoms with Crippen molar-refractivity contribution in [3.8, 4) is 11.5 Å². The summed E-state index contributed by atoms with van der Waals surface area (Å²) < 4.78 is 11.6. The third kappa shape index (κ3) is 6.26. The van der Waals surface area contributed by atoms with E-state index >= 15 is 0 Å². The van der Waals surface area contributed by atoms with Crippen molar-refractivity contribution < 1.29 is 9.47 Å². The Labute approximate surface area is 175 Å². The first-order valence-corrected chi connectivity index (χ1v) is 8.73. The molecule has 0 heterocycles. The van der Waals surface area contributed by atoms with Crippen LogP contribution in [0.5, 0.6) is 11.5 Å². The Morgan fingerprint density at radius 3 is 1.38 bits per heavy atom. The van der Waals surface area contributed by atoms with Crippen molar-refractivity contribution in [1.82, 2.24) is 0 Å². The topological polar surface area (TPSA) is 118 Å². The van der Waals surface area contributed by atoms with Crippen molar-refractivity contribution in [2.75, 3.05) is 0 Å². The Hall–Kier alpha value is -3.51. The normalized spacial score (nSPS) is 9.93. The van der Waals surface area contributed by atoms with Crippen LogP contribution in [0.25, 0.3) is 0 Å². The molecule has 3 aromatic rings. The van der Waals surface area contributed by atoms with E-state index in [9.17, 15) is 0 Å². The summed E-state index contributed by atoms with van der Waals surface area (Å²) in [5, 5.41) is 14.8. The molecular formula is C22H23ClN4O2. The third-order valence-corrected chi connectivity index (χ3v) is 4.13. The van der Waals surface area contributed by atoms with Crippen molar-refractivity contribution in [2.24, 2.45) is 11.5 Å². The van der Waals surface area contributed by atoms with Crippen LogP contribution < -0.4 is 20.9 Å². The van der Waals surface area contributed by atoms with Gasteiger partial charge in [-0.15, -0.1) is 12.4 Å². The molecule has 0 aliphatic carbocycles. The molecule has 0 bridgehead atoms. The SMILES string of the molecule is Cl.N=C(N)c1ccc(OCc2cccc(COc3ccc(C(=N)N)cc3)c2)cc1. The summed E-state index contributed by atoms with van der Waals surface area (Å²) in [5.41, 5.74) is 14.3. The molecule has 7 heteroatoms. The van der Waals surface area contributed by atoms with Crippen LogP contribution >= 0.6 is 12.4 Å². The molecule has 0 saturated heterocycles. The van der Waals surface area contributed by atoms with E-state index in [0.29, 0.717) is 24.3 Å². The Bertz CT molecular complexity index is 896. The highest BCUT2D eigenvalue weighted by Gasteiger charge is 2.02. The molecule has 29 heavy (non-hydrogen) atoms. The first kappa shape index (κ1) is 21.8. The van der Waals surface area contributed by atoms with Crippen molar-refractivity contribution in [3.63, 3.8) is 0 Å². The summed E-state index contributed by atoms with van der Waals surface area (Å²) in [6.07, 6.45) is 0. The molecule has 150 valence electrons. The fourth-order valence-electron chi connectivity index (χ4n) is 2.60. The van der Waals surface area contributed by atoms with Gasteiger partial charge in [0.05, 0.1) is 0 Å². The minimum absolute atomic E-state index is 0. The Kier molecular flexibility index (Phi) is 7.62. The molecule has 0 spiro atoms. The standard InChI is InChI=1S/C22H22N4O2.ClH/c23-21(24)17-4-8-19(9-5-17)27-13-15-2-1-3-16(12-15)14-28-20-10-6-18(7-11-20)22(25)26;/h1-12H,13-14H2,(H3,23,24)(H3,25,26);1H. The van der Waals surface area contributed by atoms with Gasteiger partial charge >= 0.3 is 0 Å². The van der Waals surface area contributed by atoms with Gasteiger partial charge in [0.1, 0.15) is 36.4 Å². The lowest BCUT2D eigenvalue weighted by Gasteiger charge is -2.10. The van der Waals surface area contributed by atoms with Gasteiger partial charge in [-0.3, -0.25) is 10.8 Å². The molecule has 0 amide bonds. The van der Waals surface area contributed by atoms with E-state index in [0.717, 1.165) is 22.6 Å². The zero-order valence-corrected chi connectivity index (χ0v) is 16.5. The highest BCUT2D eigenvalue weighted by Crippen LogP contribution is 2.17. The van der Waals surface area contributed by atoms with Crippen LogP contribution in [0, 0.1) is 10.8 Å². The van der Waals surface area contributed by atoms with Gasteiger partial charge in [-0.2, -0.15) is 0 Å². The average molecular weight is 411 g/mol. The smallest absolute Gasteiger partial charge is 0.122 e. The van der Waals surface area contributed by atoms with Crippen LogP contribution in [0.4, 0.5) is 0 Å². The summed E-state index contributed by atoms with van der Waals surface area (Å²) in [7, 11) is 0. The summed E-state index contributed by atoms with van der Waals surface area (Å²) in [4.78, 5) is 0. The number of rotatable bonds is 8. The minimum Gasteiger partial charge on any atom is -0.489 e. The Morgan fingerprint density at radius 1 is 0.655 bits per heavy atom. The maximum Gasteiger partial charge on any atom is 0.122 e. The number of benzene rings is 3. The van der Waals surface area contributed by atoms with E-state index in [1.54, 1.807) is 48.5 Å². The summed E-state index contributed by atoms with van der Waals surface area (Å²) in [6, 6.07) is 22.2. The van der Waals surface area contributed by atoms with E-state index in [-0.39, 0.29) is 24.1 Å². The average Bonchev–Trinajstić information content (AvgIpc) is 2.71. The molecule has 3 rings (SSSR count). The number of hydrogen-bond donors (Lipinski definition) is 4. The van der Waals surface area contributed by atoms with Gasteiger partial charge in [0.15, 0.2) is 0 Å². The molecule has 0 atom stereocenters. The first-order valence-electron chi connectivity index (χ1n) is 8.73. The minimum atomic E-state index is 0. The summed E-state index contributed by atoms with van der Waals surface area (Å²) in [5.74, 6) is 1.51. The molecule has 3 aromatic carbocycles. The lowest BCUT2D eigenvalue weighted by molar-refractivity contribution is 0.300.